The molecule has 0 saturated carbocycles. The van der Waals surface area contributed by atoms with Gasteiger partial charge in [0, 0.05) is 47.8 Å². The zero-order valence-electron chi connectivity index (χ0n) is 18.4. The van der Waals surface area contributed by atoms with Crippen LogP contribution in [-0.2, 0) is 22.6 Å². The summed E-state index contributed by atoms with van der Waals surface area (Å²) in [7, 11) is 2.96. The third-order valence-corrected chi connectivity index (χ3v) is 7.58. The second-order valence-corrected chi connectivity index (χ2v) is 9.32. The third-order valence-electron chi connectivity index (χ3n) is 6.82. The van der Waals surface area contributed by atoms with Crippen molar-refractivity contribution in [3.05, 3.63) is 69.0 Å². The number of carbonyl (C=O) groups is 1. The number of pyridine rings is 1. The number of nitrogens with zero attached hydrogens (tertiary/aromatic N) is 3. The first-order chi connectivity index (χ1) is 16.1. The molecule has 0 bridgehead atoms. The van der Waals surface area contributed by atoms with Gasteiger partial charge in [-0.25, -0.2) is 4.98 Å². The van der Waals surface area contributed by atoms with Crippen molar-refractivity contribution in [3.8, 4) is 16.9 Å². The van der Waals surface area contributed by atoms with Crippen LogP contribution < -0.4 is 10.3 Å². The molecule has 0 unspecified atom stereocenters. The molecule has 3 aromatic rings. The van der Waals surface area contributed by atoms with Gasteiger partial charge in [0.1, 0.15) is 16.8 Å². The van der Waals surface area contributed by atoms with Crippen LogP contribution in [0, 0.1) is 11.8 Å². The number of rotatable bonds is 6. The minimum atomic E-state index is -0.596. The van der Waals surface area contributed by atoms with Crippen molar-refractivity contribution in [1.82, 2.24) is 14.5 Å². The van der Waals surface area contributed by atoms with Gasteiger partial charge in [-0.2, -0.15) is 0 Å². The average molecular weight is 468 g/mol. The Bertz CT molecular complexity index is 1230. The van der Waals surface area contributed by atoms with Crippen molar-refractivity contribution in [2.45, 2.75) is 25.2 Å². The first-order valence-electron chi connectivity index (χ1n) is 10.8. The van der Waals surface area contributed by atoms with Crippen LogP contribution in [0.2, 0.25) is 0 Å². The predicted molar refractivity (Wildman–Crippen MR) is 123 cm³/mol. The van der Waals surface area contributed by atoms with Crippen LogP contribution in [0.5, 0.6) is 5.75 Å². The molecule has 0 radical (unpaired) electrons. The maximum Gasteiger partial charge on any atom is 0.323 e. The lowest BCUT2D eigenvalue weighted by atomic mass is 9.88. The molecule has 8 nitrogen and oxygen atoms in total. The molecule has 0 aliphatic carbocycles. The van der Waals surface area contributed by atoms with Crippen molar-refractivity contribution in [2.75, 3.05) is 20.8 Å². The minimum Gasteiger partial charge on any atom is -0.497 e. The zero-order chi connectivity index (χ0) is 23.1. The van der Waals surface area contributed by atoms with Crippen LogP contribution in [0.25, 0.3) is 11.1 Å². The zero-order valence-corrected chi connectivity index (χ0v) is 19.2. The van der Waals surface area contributed by atoms with E-state index in [0.29, 0.717) is 24.4 Å². The summed E-state index contributed by atoms with van der Waals surface area (Å²) in [4.78, 5) is 32.7. The smallest absolute Gasteiger partial charge is 0.323 e. The van der Waals surface area contributed by atoms with Crippen LogP contribution in [0.15, 0.2) is 52.8 Å². The molecule has 0 spiro atoms. The highest BCUT2D eigenvalue weighted by atomic mass is 32.1. The topological polar surface area (TPSA) is 93.9 Å². The van der Waals surface area contributed by atoms with Gasteiger partial charge >= 0.3 is 5.97 Å². The number of fused-ring (bicyclic) bond motifs is 3. The summed E-state index contributed by atoms with van der Waals surface area (Å²) in [6.45, 7) is 0.714. The maximum atomic E-state index is 13.5. The quantitative estimate of drug-likeness (QED) is 0.556. The van der Waals surface area contributed by atoms with E-state index in [1.807, 2.05) is 46.7 Å². The summed E-state index contributed by atoms with van der Waals surface area (Å²) < 4.78 is 12.2. The molecule has 0 amide bonds. The van der Waals surface area contributed by atoms with E-state index >= 15 is 0 Å². The highest BCUT2D eigenvalue weighted by Gasteiger charge is 2.56. The van der Waals surface area contributed by atoms with E-state index in [0.717, 1.165) is 16.3 Å². The Morgan fingerprint density at radius 1 is 1.27 bits per heavy atom. The number of likely N-dealkylation sites (tertiary alicyclic amines) is 1. The van der Waals surface area contributed by atoms with Gasteiger partial charge in [0.05, 0.1) is 26.8 Å². The van der Waals surface area contributed by atoms with Crippen LogP contribution >= 0.6 is 11.3 Å². The fourth-order valence-corrected chi connectivity index (χ4v) is 5.99. The van der Waals surface area contributed by atoms with Gasteiger partial charge in [0.15, 0.2) is 0 Å². The highest BCUT2D eigenvalue weighted by Crippen LogP contribution is 2.50. The van der Waals surface area contributed by atoms with Crippen molar-refractivity contribution in [2.24, 2.45) is 11.8 Å². The number of methoxy groups -OCH3 is 2. The Balaban J connectivity index is 1.59. The fourth-order valence-electron chi connectivity index (χ4n) is 5.37. The molecule has 4 atom stereocenters. The number of hydrogen-bond acceptors (Lipinski definition) is 8. The fraction of sp³-hybridized carbons (Fsp3) is 0.375. The van der Waals surface area contributed by atoms with Gasteiger partial charge in [0.25, 0.3) is 5.56 Å². The molecule has 2 aliphatic heterocycles. The highest BCUT2D eigenvalue weighted by molar-refractivity contribution is 7.09. The van der Waals surface area contributed by atoms with Crippen molar-refractivity contribution >= 4 is 17.3 Å². The third kappa shape index (κ3) is 3.56. The van der Waals surface area contributed by atoms with Crippen LogP contribution in [0.1, 0.15) is 16.7 Å². The summed E-state index contributed by atoms with van der Waals surface area (Å²) in [5.41, 5.74) is 2.14. The lowest BCUT2D eigenvalue weighted by Crippen LogP contribution is -2.43. The molecule has 33 heavy (non-hydrogen) atoms. The number of aliphatic hydroxyl groups excluding tert-OH is 1. The molecular formula is C24H25N3O5S. The molecule has 1 N–H and O–H groups in total. The Morgan fingerprint density at radius 3 is 2.82 bits per heavy atom. The molecule has 2 aromatic heterocycles. The number of carbonyl (C=O) groups excluding carboxylic acids is 1. The van der Waals surface area contributed by atoms with Crippen molar-refractivity contribution in [1.29, 1.82) is 0 Å². The monoisotopic (exact) mass is 467 g/mol. The van der Waals surface area contributed by atoms with E-state index in [-0.39, 0.29) is 36.0 Å². The predicted octanol–water partition coefficient (Wildman–Crippen LogP) is 2.32. The summed E-state index contributed by atoms with van der Waals surface area (Å²) in [5, 5.41) is 13.0. The first kappa shape index (κ1) is 21.8. The van der Waals surface area contributed by atoms with Gasteiger partial charge < -0.3 is 19.1 Å². The van der Waals surface area contributed by atoms with Gasteiger partial charge in [-0.1, -0.05) is 12.1 Å². The van der Waals surface area contributed by atoms with E-state index in [9.17, 15) is 14.7 Å². The molecule has 4 heterocycles. The summed E-state index contributed by atoms with van der Waals surface area (Å²) in [6, 6.07) is 10.4. The standard InChI is InChI=1S/C24H25N3O5S/c1-31-15-5-3-4-14(10-15)16-6-7-19-21-17(11-26(19)23(16)29)18(13-28)22(24(30)32-2)27(21)12-20-25-8-9-33-20/h3-10,17-18,21-22,28H,11-13H2,1-2H3/t17-,18-,21+,22-/m1/s1. The lowest BCUT2D eigenvalue weighted by molar-refractivity contribution is -0.148. The Morgan fingerprint density at radius 2 is 2.12 bits per heavy atom. The molecule has 2 aliphatic rings. The van der Waals surface area contributed by atoms with E-state index < -0.39 is 6.04 Å². The molecule has 1 aromatic carbocycles. The molecular weight excluding hydrogens is 442 g/mol. The molecule has 9 heteroatoms. The summed E-state index contributed by atoms with van der Waals surface area (Å²) in [5.74, 6) is -0.124. The maximum absolute atomic E-state index is 13.5. The Hall–Kier alpha value is -3.01. The van der Waals surface area contributed by atoms with Gasteiger partial charge in [-0.15, -0.1) is 11.3 Å². The number of ether oxygens (including phenoxy) is 2. The van der Waals surface area contributed by atoms with Crippen LogP contribution in [-0.4, -0.2) is 52.4 Å². The number of aliphatic hydroxyl groups is 1. The lowest BCUT2D eigenvalue weighted by Gasteiger charge is -2.29. The summed E-state index contributed by atoms with van der Waals surface area (Å²) in [6.07, 6.45) is 1.73. The molecule has 172 valence electrons. The van der Waals surface area contributed by atoms with Crippen LogP contribution in [0.3, 0.4) is 0 Å². The first-order valence-corrected chi connectivity index (χ1v) is 11.7. The van der Waals surface area contributed by atoms with Crippen LogP contribution in [0.4, 0.5) is 0 Å². The SMILES string of the molecule is COC(=O)[C@H]1[C@H](CO)[C@H]2Cn3c(ccc(-c4cccc(OC)c4)c3=O)[C@H]2N1Cc1nccs1. The molecule has 1 fully saturated rings. The molecule has 5 rings (SSSR count). The van der Waals surface area contributed by atoms with Gasteiger partial charge in [-0.05, 0) is 29.8 Å². The van der Waals surface area contributed by atoms with Crippen molar-refractivity contribution < 1.29 is 19.4 Å². The average Bonchev–Trinajstić information content (AvgIpc) is 3.55. The van der Waals surface area contributed by atoms with E-state index in [1.165, 1.54) is 18.4 Å². The normalized spacial score (nSPS) is 23.8. The largest absolute Gasteiger partial charge is 0.497 e. The number of esters is 1. The second kappa shape index (κ2) is 8.74. The summed E-state index contributed by atoms with van der Waals surface area (Å²) >= 11 is 1.51. The van der Waals surface area contributed by atoms with Gasteiger partial charge in [-0.3, -0.25) is 14.5 Å². The number of aromatic nitrogens is 2. The second-order valence-electron chi connectivity index (χ2n) is 8.34. The number of hydrogen-bond donors (Lipinski definition) is 1. The van der Waals surface area contributed by atoms with E-state index in [1.54, 1.807) is 17.9 Å². The van der Waals surface area contributed by atoms with Crippen molar-refractivity contribution in [3.63, 3.8) is 0 Å². The molecule has 1 saturated heterocycles. The van der Waals surface area contributed by atoms with E-state index in [2.05, 4.69) is 4.98 Å². The van der Waals surface area contributed by atoms with E-state index in [4.69, 9.17) is 9.47 Å². The van der Waals surface area contributed by atoms with Gasteiger partial charge in [0.2, 0.25) is 0 Å². The Labute approximate surface area is 195 Å². The minimum absolute atomic E-state index is 0.0874. The number of benzene rings is 1. The Kier molecular flexibility index (Phi) is 5.77. The number of thiazole rings is 1.